The first-order valence-electron chi connectivity index (χ1n) is 7.98. The molecule has 0 spiro atoms. The maximum absolute atomic E-state index is 3.87. The fourth-order valence-electron chi connectivity index (χ4n) is 2.61. The quantitative estimate of drug-likeness (QED) is 0.354. The van der Waals surface area contributed by atoms with E-state index in [2.05, 4.69) is 54.9 Å². The van der Waals surface area contributed by atoms with Crippen LogP contribution in [0, 0.1) is 0 Å². The highest BCUT2D eigenvalue weighted by atomic mass is 79.9. The average Bonchev–Trinajstić information content (AvgIpc) is 2.46. The monoisotopic (exact) mass is 324 g/mol. The lowest BCUT2D eigenvalue weighted by Crippen LogP contribution is -1.96. The number of alkyl halides is 1. The predicted octanol–water partition coefficient (Wildman–Crippen LogP) is 6.61. The first-order chi connectivity index (χ1) is 9.22. The Hall–Kier alpha value is -0.300. The predicted molar refractivity (Wildman–Crippen MR) is 90.2 cm³/mol. The minimum Gasteiger partial charge on any atom is -0.0839 e. The molecule has 0 aromatic heterocycles. The minimum atomic E-state index is 0.533. The van der Waals surface area contributed by atoms with Gasteiger partial charge in [0.05, 0.1) is 0 Å². The van der Waals surface area contributed by atoms with Crippen molar-refractivity contribution < 1.29 is 0 Å². The van der Waals surface area contributed by atoms with Crippen molar-refractivity contribution in [2.24, 2.45) is 0 Å². The highest BCUT2D eigenvalue weighted by molar-refractivity contribution is 9.09. The van der Waals surface area contributed by atoms with Crippen molar-refractivity contribution in [2.75, 3.05) is 0 Å². The van der Waals surface area contributed by atoms with Gasteiger partial charge >= 0.3 is 0 Å². The van der Waals surface area contributed by atoms with Crippen LogP contribution in [0.15, 0.2) is 18.2 Å². The standard InChI is InChI=1S/C18H29Br/c1-4-7-8-9-10-11-18(19)17-13-12-15(5-2)16(6-3)14-17/h12-14,18H,4-11H2,1-3H3. The minimum absolute atomic E-state index is 0.533. The maximum atomic E-state index is 3.87. The molecule has 1 unspecified atom stereocenters. The van der Waals surface area contributed by atoms with Gasteiger partial charge in [0, 0.05) is 4.83 Å². The second-order valence-electron chi connectivity index (χ2n) is 5.41. The summed E-state index contributed by atoms with van der Waals surface area (Å²) in [6.07, 6.45) is 10.4. The Balaban J connectivity index is 2.49. The second-order valence-corrected chi connectivity index (χ2v) is 6.51. The van der Waals surface area contributed by atoms with Crippen LogP contribution in [0.4, 0.5) is 0 Å². The van der Waals surface area contributed by atoms with E-state index in [1.807, 2.05) is 0 Å². The van der Waals surface area contributed by atoms with E-state index in [-0.39, 0.29) is 0 Å². The zero-order valence-corrected chi connectivity index (χ0v) is 14.4. The van der Waals surface area contributed by atoms with Crippen LogP contribution in [0.2, 0.25) is 0 Å². The number of aryl methyl sites for hydroxylation is 2. The highest BCUT2D eigenvalue weighted by Gasteiger charge is 2.09. The number of halogens is 1. The Labute approximate surface area is 128 Å². The van der Waals surface area contributed by atoms with Crippen LogP contribution in [0.25, 0.3) is 0 Å². The molecule has 0 heterocycles. The molecule has 1 aromatic carbocycles. The van der Waals surface area contributed by atoms with E-state index < -0.39 is 0 Å². The van der Waals surface area contributed by atoms with Gasteiger partial charge in [-0.1, -0.05) is 87.0 Å². The Morgan fingerprint density at radius 1 is 0.895 bits per heavy atom. The van der Waals surface area contributed by atoms with E-state index in [0.717, 1.165) is 12.8 Å². The molecule has 0 amide bonds. The molecule has 0 nitrogen and oxygen atoms in total. The molecule has 1 heteroatoms. The summed E-state index contributed by atoms with van der Waals surface area (Å²) >= 11 is 3.87. The summed E-state index contributed by atoms with van der Waals surface area (Å²) in [6, 6.07) is 7.03. The van der Waals surface area contributed by atoms with E-state index >= 15 is 0 Å². The highest BCUT2D eigenvalue weighted by Crippen LogP contribution is 2.30. The molecule has 0 aliphatic rings. The van der Waals surface area contributed by atoms with Crippen LogP contribution >= 0.6 is 15.9 Å². The normalized spacial score (nSPS) is 12.6. The van der Waals surface area contributed by atoms with Gasteiger partial charge in [0.25, 0.3) is 0 Å². The molecule has 0 bridgehead atoms. The SMILES string of the molecule is CCCCCCCC(Br)c1ccc(CC)c(CC)c1. The molecule has 108 valence electrons. The number of benzene rings is 1. The molecular formula is C18H29Br. The molecule has 1 aromatic rings. The Bertz CT molecular complexity index is 357. The van der Waals surface area contributed by atoms with Gasteiger partial charge in [-0.05, 0) is 36.0 Å². The molecule has 0 saturated heterocycles. The molecule has 0 fully saturated rings. The summed E-state index contributed by atoms with van der Waals surface area (Å²) in [7, 11) is 0. The lowest BCUT2D eigenvalue weighted by molar-refractivity contribution is 0.606. The smallest absolute Gasteiger partial charge is 0.0395 e. The van der Waals surface area contributed by atoms with Crippen molar-refractivity contribution in [3.05, 3.63) is 34.9 Å². The van der Waals surface area contributed by atoms with Crippen molar-refractivity contribution in [1.82, 2.24) is 0 Å². The second kappa shape index (κ2) is 9.58. The summed E-state index contributed by atoms with van der Waals surface area (Å²) in [5, 5.41) is 0. The van der Waals surface area contributed by atoms with Crippen LogP contribution in [0.3, 0.4) is 0 Å². The summed E-state index contributed by atoms with van der Waals surface area (Å²) in [5.74, 6) is 0. The van der Waals surface area contributed by atoms with Crippen molar-refractivity contribution in [2.45, 2.75) is 77.0 Å². The van der Waals surface area contributed by atoms with E-state index in [4.69, 9.17) is 0 Å². The fraction of sp³-hybridized carbons (Fsp3) is 0.667. The van der Waals surface area contributed by atoms with Gasteiger partial charge in [-0.15, -0.1) is 0 Å². The number of rotatable bonds is 9. The van der Waals surface area contributed by atoms with E-state index in [0.29, 0.717) is 4.83 Å². The van der Waals surface area contributed by atoms with Crippen molar-refractivity contribution >= 4 is 15.9 Å². The number of unbranched alkanes of at least 4 members (excludes halogenated alkanes) is 4. The molecule has 1 atom stereocenters. The molecule has 0 saturated carbocycles. The van der Waals surface area contributed by atoms with Gasteiger partial charge in [-0.25, -0.2) is 0 Å². The zero-order valence-electron chi connectivity index (χ0n) is 12.8. The summed E-state index contributed by atoms with van der Waals surface area (Å²) in [5.41, 5.74) is 4.49. The summed E-state index contributed by atoms with van der Waals surface area (Å²) < 4.78 is 0. The largest absolute Gasteiger partial charge is 0.0839 e. The maximum Gasteiger partial charge on any atom is 0.0395 e. The van der Waals surface area contributed by atoms with Gasteiger partial charge in [0.15, 0.2) is 0 Å². The molecule has 19 heavy (non-hydrogen) atoms. The third-order valence-corrected chi connectivity index (χ3v) is 4.90. The average molecular weight is 325 g/mol. The molecule has 0 N–H and O–H groups in total. The Morgan fingerprint density at radius 3 is 2.21 bits per heavy atom. The lowest BCUT2D eigenvalue weighted by Gasteiger charge is -2.14. The first-order valence-corrected chi connectivity index (χ1v) is 8.90. The summed E-state index contributed by atoms with van der Waals surface area (Å²) in [6.45, 7) is 6.77. The van der Waals surface area contributed by atoms with Gasteiger partial charge in [-0.3, -0.25) is 0 Å². The topological polar surface area (TPSA) is 0 Å². The van der Waals surface area contributed by atoms with Crippen LogP contribution in [-0.4, -0.2) is 0 Å². The van der Waals surface area contributed by atoms with Crippen LogP contribution in [0.5, 0.6) is 0 Å². The molecule has 0 aliphatic carbocycles. The summed E-state index contributed by atoms with van der Waals surface area (Å²) in [4.78, 5) is 0.533. The Morgan fingerprint density at radius 2 is 1.58 bits per heavy atom. The van der Waals surface area contributed by atoms with Crippen LogP contribution < -0.4 is 0 Å². The molecule has 0 radical (unpaired) electrons. The number of hydrogen-bond donors (Lipinski definition) is 0. The molecular weight excluding hydrogens is 296 g/mol. The van der Waals surface area contributed by atoms with E-state index in [9.17, 15) is 0 Å². The van der Waals surface area contributed by atoms with Crippen molar-refractivity contribution in [3.8, 4) is 0 Å². The van der Waals surface area contributed by atoms with Crippen LogP contribution in [-0.2, 0) is 12.8 Å². The molecule has 1 rings (SSSR count). The van der Waals surface area contributed by atoms with Gasteiger partial charge in [0.2, 0.25) is 0 Å². The van der Waals surface area contributed by atoms with Gasteiger partial charge in [-0.2, -0.15) is 0 Å². The zero-order chi connectivity index (χ0) is 14.1. The third kappa shape index (κ3) is 5.69. The van der Waals surface area contributed by atoms with Crippen molar-refractivity contribution in [1.29, 1.82) is 0 Å². The van der Waals surface area contributed by atoms with Gasteiger partial charge in [0.1, 0.15) is 0 Å². The molecule has 0 aliphatic heterocycles. The Kier molecular flexibility index (Phi) is 8.45. The third-order valence-electron chi connectivity index (χ3n) is 3.91. The van der Waals surface area contributed by atoms with E-state index in [1.165, 1.54) is 55.2 Å². The van der Waals surface area contributed by atoms with E-state index in [1.54, 1.807) is 0 Å². The van der Waals surface area contributed by atoms with Crippen LogP contribution in [0.1, 0.15) is 80.8 Å². The fourth-order valence-corrected chi connectivity index (χ4v) is 3.22. The van der Waals surface area contributed by atoms with Gasteiger partial charge < -0.3 is 0 Å². The lowest BCUT2D eigenvalue weighted by atomic mass is 9.97. The number of hydrogen-bond acceptors (Lipinski definition) is 0. The first kappa shape index (κ1) is 16.8. The van der Waals surface area contributed by atoms with Crippen molar-refractivity contribution in [3.63, 3.8) is 0 Å².